The fraction of sp³-hybridized carbons (Fsp3) is 0.909. The highest BCUT2D eigenvalue weighted by atomic mass is 16.5. The fourth-order valence-electron chi connectivity index (χ4n) is 4.77. The largest absolute Gasteiger partial charge is 0.498 e. The van der Waals surface area contributed by atoms with E-state index in [9.17, 15) is 0 Å². The summed E-state index contributed by atoms with van der Waals surface area (Å²) in [6.07, 6.45) is 24.3. The maximum Gasteiger partial charge on any atom is 0.0981 e. The van der Waals surface area contributed by atoms with Gasteiger partial charge in [-0.3, -0.25) is 0 Å². The van der Waals surface area contributed by atoms with E-state index in [0.717, 1.165) is 24.2 Å². The summed E-state index contributed by atoms with van der Waals surface area (Å²) < 4.78 is 6.01. The Hall–Kier alpha value is -0.460. The molecule has 0 aromatic carbocycles. The predicted molar refractivity (Wildman–Crippen MR) is 100 cm³/mol. The molecule has 2 fully saturated rings. The SMILES string of the molecule is CCC/C=C/OC1CCCC(C2CCC(CCCCC)CC2)C1. The Morgan fingerprint density at radius 3 is 2.43 bits per heavy atom. The molecule has 0 aromatic rings. The van der Waals surface area contributed by atoms with Gasteiger partial charge in [0, 0.05) is 0 Å². The van der Waals surface area contributed by atoms with Crippen LogP contribution in [-0.2, 0) is 4.74 Å². The lowest BCUT2D eigenvalue weighted by molar-refractivity contribution is 0.0510. The Bertz CT molecular complexity index is 314. The lowest BCUT2D eigenvalue weighted by Crippen LogP contribution is -2.29. The van der Waals surface area contributed by atoms with E-state index in [4.69, 9.17) is 4.74 Å². The first-order valence-electron chi connectivity index (χ1n) is 10.6. The van der Waals surface area contributed by atoms with Gasteiger partial charge in [0.05, 0.1) is 12.4 Å². The van der Waals surface area contributed by atoms with E-state index in [-0.39, 0.29) is 0 Å². The summed E-state index contributed by atoms with van der Waals surface area (Å²) in [5.41, 5.74) is 0. The van der Waals surface area contributed by atoms with E-state index < -0.39 is 0 Å². The van der Waals surface area contributed by atoms with Crippen molar-refractivity contribution in [3.63, 3.8) is 0 Å². The van der Waals surface area contributed by atoms with Crippen molar-refractivity contribution in [3.05, 3.63) is 12.3 Å². The van der Waals surface area contributed by atoms with Gasteiger partial charge in [-0.1, -0.05) is 58.8 Å². The summed E-state index contributed by atoms with van der Waals surface area (Å²) in [6.45, 7) is 4.54. The van der Waals surface area contributed by atoms with Crippen LogP contribution < -0.4 is 0 Å². The average Bonchev–Trinajstić information content (AvgIpc) is 2.60. The quantitative estimate of drug-likeness (QED) is 0.321. The van der Waals surface area contributed by atoms with Crippen LogP contribution in [0.3, 0.4) is 0 Å². The minimum atomic E-state index is 0.504. The monoisotopic (exact) mass is 320 g/mol. The van der Waals surface area contributed by atoms with Crippen LogP contribution in [0.4, 0.5) is 0 Å². The summed E-state index contributed by atoms with van der Waals surface area (Å²) in [5.74, 6) is 3.00. The van der Waals surface area contributed by atoms with Gasteiger partial charge in [-0.25, -0.2) is 0 Å². The van der Waals surface area contributed by atoms with Gasteiger partial charge in [0.1, 0.15) is 0 Å². The highest BCUT2D eigenvalue weighted by molar-refractivity contribution is 4.84. The molecule has 0 radical (unpaired) electrons. The Morgan fingerprint density at radius 1 is 0.870 bits per heavy atom. The van der Waals surface area contributed by atoms with E-state index in [1.54, 1.807) is 0 Å². The predicted octanol–water partition coefficient (Wildman–Crippen LogP) is 7.26. The Morgan fingerprint density at radius 2 is 1.70 bits per heavy atom. The van der Waals surface area contributed by atoms with Crippen molar-refractivity contribution in [3.8, 4) is 0 Å². The molecule has 0 heterocycles. The molecule has 2 rings (SSSR count). The highest BCUT2D eigenvalue weighted by Gasteiger charge is 2.31. The van der Waals surface area contributed by atoms with Gasteiger partial charge in [0.25, 0.3) is 0 Å². The van der Waals surface area contributed by atoms with E-state index >= 15 is 0 Å². The van der Waals surface area contributed by atoms with Gasteiger partial charge in [-0.2, -0.15) is 0 Å². The molecule has 23 heavy (non-hydrogen) atoms. The zero-order chi connectivity index (χ0) is 16.3. The topological polar surface area (TPSA) is 9.23 Å². The minimum Gasteiger partial charge on any atom is -0.498 e. The first-order valence-corrected chi connectivity index (χ1v) is 10.6. The molecule has 2 aliphatic rings. The van der Waals surface area contributed by atoms with Gasteiger partial charge < -0.3 is 4.74 Å². The second kappa shape index (κ2) is 11.2. The molecule has 0 N–H and O–H groups in total. The molecule has 1 heteroatoms. The number of allylic oxidation sites excluding steroid dienone is 1. The molecule has 2 saturated carbocycles. The third-order valence-electron chi connectivity index (χ3n) is 6.26. The number of rotatable bonds is 9. The molecule has 134 valence electrons. The van der Waals surface area contributed by atoms with E-state index in [2.05, 4.69) is 19.9 Å². The van der Waals surface area contributed by atoms with Gasteiger partial charge in [0.15, 0.2) is 0 Å². The normalized spacial score (nSPS) is 32.3. The third-order valence-corrected chi connectivity index (χ3v) is 6.26. The molecule has 2 atom stereocenters. The Labute approximate surface area is 145 Å². The first-order chi connectivity index (χ1) is 11.3. The van der Waals surface area contributed by atoms with Gasteiger partial charge in [-0.05, 0) is 68.8 Å². The van der Waals surface area contributed by atoms with Gasteiger partial charge in [0.2, 0.25) is 0 Å². The maximum atomic E-state index is 6.01. The minimum absolute atomic E-state index is 0.504. The molecule has 2 aliphatic carbocycles. The second-order valence-corrected chi connectivity index (χ2v) is 8.12. The van der Waals surface area contributed by atoms with E-state index in [1.807, 2.05) is 6.26 Å². The van der Waals surface area contributed by atoms with E-state index in [1.165, 1.54) is 83.5 Å². The van der Waals surface area contributed by atoms with Crippen LogP contribution in [-0.4, -0.2) is 6.10 Å². The number of hydrogen-bond acceptors (Lipinski definition) is 1. The summed E-state index contributed by atoms with van der Waals surface area (Å²) >= 11 is 0. The Kier molecular flexibility index (Phi) is 9.15. The molecule has 0 saturated heterocycles. The van der Waals surface area contributed by atoms with Crippen LogP contribution in [0.5, 0.6) is 0 Å². The molecule has 0 amide bonds. The lowest BCUT2D eigenvalue weighted by Gasteiger charge is -2.38. The van der Waals surface area contributed by atoms with Crippen LogP contribution >= 0.6 is 0 Å². The van der Waals surface area contributed by atoms with Crippen LogP contribution in [0.1, 0.15) is 104 Å². The average molecular weight is 321 g/mol. The first kappa shape index (κ1) is 18.9. The fourth-order valence-corrected chi connectivity index (χ4v) is 4.77. The van der Waals surface area contributed by atoms with Crippen LogP contribution in [0, 0.1) is 17.8 Å². The molecule has 0 aromatic heterocycles. The molecule has 0 aliphatic heterocycles. The van der Waals surface area contributed by atoms with Crippen molar-refractivity contribution in [2.75, 3.05) is 0 Å². The summed E-state index contributed by atoms with van der Waals surface area (Å²) in [4.78, 5) is 0. The molecule has 0 bridgehead atoms. The zero-order valence-electron chi connectivity index (χ0n) is 15.8. The van der Waals surface area contributed by atoms with Crippen LogP contribution in [0.15, 0.2) is 12.3 Å². The molecule has 2 unspecified atom stereocenters. The standard InChI is InChI=1S/C22H40O/c1-3-5-7-10-19-13-15-20(16-14-19)21-11-9-12-22(18-21)23-17-8-6-4-2/h8,17,19-22H,3-7,9-16,18H2,1-2H3/b17-8+. The smallest absolute Gasteiger partial charge is 0.0981 e. The van der Waals surface area contributed by atoms with Crippen molar-refractivity contribution in [2.24, 2.45) is 17.8 Å². The number of ether oxygens (including phenoxy) is 1. The second-order valence-electron chi connectivity index (χ2n) is 8.12. The number of hydrogen-bond donors (Lipinski definition) is 0. The summed E-state index contributed by atoms with van der Waals surface area (Å²) in [5, 5.41) is 0. The molecule has 0 spiro atoms. The Balaban J connectivity index is 1.66. The summed E-state index contributed by atoms with van der Waals surface area (Å²) in [7, 11) is 0. The van der Waals surface area contributed by atoms with Crippen molar-refractivity contribution in [1.82, 2.24) is 0 Å². The van der Waals surface area contributed by atoms with Gasteiger partial charge >= 0.3 is 0 Å². The lowest BCUT2D eigenvalue weighted by atomic mass is 9.70. The highest BCUT2D eigenvalue weighted by Crippen LogP contribution is 2.41. The van der Waals surface area contributed by atoms with Crippen LogP contribution in [0.25, 0.3) is 0 Å². The molecular weight excluding hydrogens is 280 g/mol. The van der Waals surface area contributed by atoms with Crippen LogP contribution in [0.2, 0.25) is 0 Å². The van der Waals surface area contributed by atoms with Crippen molar-refractivity contribution >= 4 is 0 Å². The zero-order valence-corrected chi connectivity index (χ0v) is 15.8. The van der Waals surface area contributed by atoms with Crippen molar-refractivity contribution < 1.29 is 4.74 Å². The van der Waals surface area contributed by atoms with Gasteiger partial charge in [-0.15, -0.1) is 0 Å². The number of unbranched alkanes of at least 4 members (excludes halogenated alkanes) is 3. The molecule has 1 nitrogen and oxygen atoms in total. The van der Waals surface area contributed by atoms with Crippen molar-refractivity contribution in [2.45, 2.75) is 110 Å². The summed E-state index contributed by atoms with van der Waals surface area (Å²) in [6, 6.07) is 0. The van der Waals surface area contributed by atoms with E-state index in [0.29, 0.717) is 6.10 Å². The molecular formula is C22H40O. The van der Waals surface area contributed by atoms with Crippen molar-refractivity contribution in [1.29, 1.82) is 0 Å². The third kappa shape index (κ3) is 6.89. The maximum absolute atomic E-state index is 6.01.